The van der Waals surface area contributed by atoms with Crippen molar-refractivity contribution < 1.29 is 22.8 Å². The second kappa shape index (κ2) is 7.18. The molecule has 0 aliphatic heterocycles. The number of nitrogens with zero attached hydrogens (tertiary/aromatic N) is 2. The number of aromatic nitrogens is 2. The van der Waals surface area contributed by atoms with Gasteiger partial charge in [0, 0.05) is 10.9 Å². The number of hydrogen-bond donors (Lipinski definition) is 0. The number of rotatable bonds is 5. The molecule has 3 aromatic heterocycles. The van der Waals surface area contributed by atoms with Crippen LogP contribution in [0.3, 0.4) is 0 Å². The van der Waals surface area contributed by atoms with Crippen LogP contribution >= 0.6 is 0 Å². The minimum Gasteiger partial charge on any atom is -0.466 e. The largest absolute Gasteiger partial charge is 0.466 e. The van der Waals surface area contributed by atoms with Crippen LogP contribution in [0.2, 0.25) is 0 Å². The number of fused-ring (bicyclic) bond motifs is 3. The molecule has 150 valence electrons. The zero-order valence-corrected chi connectivity index (χ0v) is 16.5. The van der Waals surface area contributed by atoms with Crippen LogP contribution in [-0.2, 0) is 22.6 Å². The molecule has 30 heavy (non-hydrogen) atoms. The Morgan fingerprint density at radius 3 is 2.77 bits per heavy atom. The van der Waals surface area contributed by atoms with Crippen LogP contribution in [0.25, 0.3) is 33.2 Å². The van der Waals surface area contributed by atoms with Gasteiger partial charge in [-0.3, -0.25) is 4.79 Å². The first-order valence-electron chi connectivity index (χ1n) is 9.52. The summed E-state index contributed by atoms with van der Waals surface area (Å²) in [6.07, 6.45) is 1.69. The summed E-state index contributed by atoms with van der Waals surface area (Å²) in [4.78, 5) is 12.4. The van der Waals surface area contributed by atoms with Crippen LogP contribution in [-0.4, -0.2) is 16.2 Å². The van der Waals surface area contributed by atoms with E-state index in [1.54, 1.807) is 6.26 Å². The molecule has 0 saturated carbocycles. The Hall–Kier alpha value is -3.87. The molecule has 0 amide bonds. The van der Waals surface area contributed by atoms with Gasteiger partial charge in [-0.25, -0.2) is 0 Å². The predicted molar refractivity (Wildman–Crippen MR) is 109 cm³/mol. The van der Waals surface area contributed by atoms with Crippen molar-refractivity contribution >= 4 is 27.7 Å². The molecule has 0 unspecified atom stereocenters. The van der Waals surface area contributed by atoms with Crippen LogP contribution < -0.4 is 0 Å². The summed E-state index contributed by atoms with van der Waals surface area (Å²) in [6, 6.07) is 13.7. The normalized spacial score (nSPS) is 11.4. The molecule has 3 heterocycles. The third-order valence-electron chi connectivity index (χ3n) is 4.97. The summed E-state index contributed by atoms with van der Waals surface area (Å²) in [5.41, 5.74) is 2.25. The predicted octanol–water partition coefficient (Wildman–Crippen LogP) is 5.13. The first kappa shape index (κ1) is 18.2. The number of esters is 1. The molecule has 0 bridgehead atoms. The molecule has 0 spiro atoms. The maximum atomic E-state index is 12.4. The lowest BCUT2D eigenvalue weighted by Crippen LogP contribution is -2.08. The molecule has 0 aliphatic carbocycles. The fourth-order valence-electron chi connectivity index (χ4n) is 3.62. The van der Waals surface area contributed by atoms with Crippen molar-refractivity contribution in [3.63, 3.8) is 0 Å². The molecule has 7 nitrogen and oxygen atoms in total. The fourth-order valence-corrected chi connectivity index (χ4v) is 3.62. The van der Waals surface area contributed by atoms with Gasteiger partial charge in [0.05, 0.1) is 18.2 Å². The van der Waals surface area contributed by atoms with Gasteiger partial charge in [-0.15, -0.1) is 10.2 Å². The number of ether oxygens (including phenoxy) is 1. The van der Waals surface area contributed by atoms with Crippen molar-refractivity contribution in [1.29, 1.82) is 0 Å². The molecule has 0 saturated heterocycles. The summed E-state index contributed by atoms with van der Waals surface area (Å²) in [5.74, 6) is 1.61. The van der Waals surface area contributed by atoms with E-state index in [1.165, 1.54) is 0 Å². The van der Waals surface area contributed by atoms with E-state index < -0.39 is 5.97 Å². The molecule has 5 aromatic rings. The molecule has 0 aliphatic rings. The highest BCUT2D eigenvalue weighted by Gasteiger charge is 2.17. The standard InChI is InChI=1S/C23H18N2O5/c1-13-9-18(14(2)29-13)23-25-24-20(30-23)12-28-21(26)10-16-11-27-19-8-7-15-5-3-4-6-17(15)22(16)19/h3-9,11H,10,12H2,1-2H3. The van der Waals surface area contributed by atoms with E-state index in [2.05, 4.69) is 10.2 Å². The quantitative estimate of drug-likeness (QED) is 0.376. The molecule has 0 N–H and O–H groups in total. The van der Waals surface area contributed by atoms with Gasteiger partial charge in [0.25, 0.3) is 11.8 Å². The molecular formula is C23H18N2O5. The van der Waals surface area contributed by atoms with Crippen molar-refractivity contribution in [2.75, 3.05) is 0 Å². The van der Waals surface area contributed by atoms with Gasteiger partial charge in [0.15, 0.2) is 6.61 Å². The number of furan rings is 2. The topological polar surface area (TPSA) is 91.5 Å². The Morgan fingerprint density at radius 2 is 1.93 bits per heavy atom. The summed E-state index contributed by atoms with van der Waals surface area (Å²) in [7, 11) is 0. The molecule has 0 radical (unpaired) electrons. The number of carbonyl (C=O) groups excluding carboxylic acids is 1. The van der Waals surface area contributed by atoms with Gasteiger partial charge in [-0.2, -0.15) is 0 Å². The van der Waals surface area contributed by atoms with E-state index in [0.29, 0.717) is 11.7 Å². The molecule has 5 rings (SSSR count). The monoisotopic (exact) mass is 402 g/mol. The van der Waals surface area contributed by atoms with E-state index in [-0.39, 0.29) is 18.9 Å². The number of benzene rings is 2. The Bertz CT molecular complexity index is 1380. The average molecular weight is 402 g/mol. The van der Waals surface area contributed by atoms with Crippen molar-refractivity contribution in [2.24, 2.45) is 0 Å². The highest BCUT2D eigenvalue weighted by atomic mass is 16.5. The van der Waals surface area contributed by atoms with E-state index >= 15 is 0 Å². The van der Waals surface area contributed by atoms with Gasteiger partial charge in [-0.05, 0) is 36.8 Å². The summed E-state index contributed by atoms with van der Waals surface area (Å²) in [6.45, 7) is 3.57. The lowest BCUT2D eigenvalue weighted by molar-refractivity contribution is -0.144. The lowest BCUT2D eigenvalue weighted by Gasteiger charge is -2.03. The van der Waals surface area contributed by atoms with Gasteiger partial charge in [0.2, 0.25) is 0 Å². The second-order valence-corrected chi connectivity index (χ2v) is 7.09. The summed E-state index contributed by atoms with van der Waals surface area (Å²) < 4.78 is 22.1. The van der Waals surface area contributed by atoms with E-state index in [0.717, 1.165) is 38.6 Å². The van der Waals surface area contributed by atoms with Crippen LogP contribution in [0.15, 0.2) is 62.0 Å². The Balaban J connectivity index is 1.30. The van der Waals surface area contributed by atoms with Crippen LogP contribution in [0.1, 0.15) is 23.0 Å². The van der Waals surface area contributed by atoms with Gasteiger partial charge in [0.1, 0.15) is 17.1 Å². The molecule has 2 aromatic carbocycles. The third-order valence-corrected chi connectivity index (χ3v) is 4.97. The Kier molecular flexibility index (Phi) is 4.35. The zero-order chi connectivity index (χ0) is 20.7. The SMILES string of the molecule is Cc1cc(-c2nnc(COC(=O)Cc3coc4ccc5ccccc5c34)o2)c(C)o1. The van der Waals surface area contributed by atoms with Crippen molar-refractivity contribution in [1.82, 2.24) is 10.2 Å². The average Bonchev–Trinajstić information content (AvgIpc) is 3.45. The second-order valence-electron chi connectivity index (χ2n) is 7.09. The van der Waals surface area contributed by atoms with E-state index in [4.69, 9.17) is 18.0 Å². The van der Waals surface area contributed by atoms with Gasteiger partial charge in [-0.1, -0.05) is 30.3 Å². The van der Waals surface area contributed by atoms with Crippen molar-refractivity contribution in [3.8, 4) is 11.5 Å². The zero-order valence-electron chi connectivity index (χ0n) is 16.5. The number of aryl methyl sites for hydroxylation is 2. The molecular weight excluding hydrogens is 384 g/mol. The molecule has 0 fully saturated rings. The van der Waals surface area contributed by atoms with Gasteiger partial charge < -0.3 is 18.0 Å². The maximum absolute atomic E-state index is 12.4. The highest BCUT2D eigenvalue weighted by Crippen LogP contribution is 2.30. The first-order chi connectivity index (χ1) is 14.6. The van der Waals surface area contributed by atoms with Crippen molar-refractivity contribution in [3.05, 3.63) is 71.7 Å². The van der Waals surface area contributed by atoms with E-state index in [9.17, 15) is 4.79 Å². The minimum atomic E-state index is -0.402. The maximum Gasteiger partial charge on any atom is 0.310 e. The van der Waals surface area contributed by atoms with Gasteiger partial charge >= 0.3 is 5.97 Å². The number of carbonyl (C=O) groups is 1. The lowest BCUT2D eigenvalue weighted by atomic mass is 10.0. The molecule has 0 atom stereocenters. The summed E-state index contributed by atoms with van der Waals surface area (Å²) >= 11 is 0. The van der Waals surface area contributed by atoms with E-state index in [1.807, 2.05) is 56.3 Å². The minimum absolute atomic E-state index is 0.0854. The summed E-state index contributed by atoms with van der Waals surface area (Å²) in [5, 5.41) is 11.0. The third kappa shape index (κ3) is 3.24. The highest BCUT2D eigenvalue weighted by molar-refractivity contribution is 6.08. The van der Waals surface area contributed by atoms with Crippen molar-refractivity contribution in [2.45, 2.75) is 26.9 Å². The Labute approximate surface area is 171 Å². The Morgan fingerprint density at radius 1 is 1.07 bits per heavy atom. The van der Waals surface area contributed by atoms with Crippen LogP contribution in [0.4, 0.5) is 0 Å². The fraction of sp³-hybridized carbons (Fsp3) is 0.174. The molecule has 7 heteroatoms. The smallest absolute Gasteiger partial charge is 0.310 e. The van der Waals surface area contributed by atoms with Crippen LogP contribution in [0.5, 0.6) is 0 Å². The first-order valence-corrected chi connectivity index (χ1v) is 9.52. The number of hydrogen-bond acceptors (Lipinski definition) is 7. The van der Waals surface area contributed by atoms with Crippen LogP contribution in [0, 0.1) is 13.8 Å².